The lowest BCUT2D eigenvalue weighted by atomic mass is 10.0. The van der Waals surface area contributed by atoms with Gasteiger partial charge in [-0.3, -0.25) is 0 Å². The standard InChI is InChI=1S/C20H27N5O/c1-4-15(12-26)10-17-23-19(21-11-16-8-6-5-7-9-16)18-20(24-17)25(13-22-18)14(2)3/h5-9,13-15,26H,4,10-12H2,1-3H3,(H,21,23,24)/t15-/m1/s1. The van der Waals surface area contributed by atoms with Crippen LogP contribution < -0.4 is 5.32 Å². The number of aromatic nitrogens is 4. The molecule has 0 spiro atoms. The average Bonchev–Trinajstić information content (AvgIpc) is 3.09. The first-order valence-corrected chi connectivity index (χ1v) is 9.24. The zero-order chi connectivity index (χ0) is 18.5. The van der Waals surface area contributed by atoms with E-state index in [0.717, 1.165) is 29.2 Å². The summed E-state index contributed by atoms with van der Waals surface area (Å²) in [5.74, 6) is 1.67. The number of fused-ring (bicyclic) bond motifs is 1. The number of nitrogens with one attached hydrogen (secondary N) is 1. The van der Waals surface area contributed by atoms with Gasteiger partial charge in [-0.05, 0) is 25.3 Å². The van der Waals surface area contributed by atoms with E-state index in [2.05, 4.69) is 47.8 Å². The van der Waals surface area contributed by atoms with Gasteiger partial charge in [-0.2, -0.15) is 0 Å². The van der Waals surface area contributed by atoms with Gasteiger partial charge in [0.1, 0.15) is 11.3 Å². The Balaban J connectivity index is 1.96. The molecule has 0 fully saturated rings. The number of aliphatic hydroxyl groups is 1. The van der Waals surface area contributed by atoms with E-state index in [1.807, 2.05) is 24.5 Å². The van der Waals surface area contributed by atoms with Crippen molar-refractivity contribution in [2.75, 3.05) is 11.9 Å². The molecule has 0 aliphatic rings. The lowest BCUT2D eigenvalue weighted by Gasteiger charge is -2.14. The van der Waals surface area contributed by atoms with Gasteiger partial charge in [0.25, 0.3) is 0 Å². The summed E-state index contributed by atoms with van der Waals surface area (Å²) in [4.78, 5) is 14.0. The SMILES string of the molecule is CC[C@@H](CO)Cc1nc(NCc2ccccc2)c2ncn(C(C)C)c2n1. The van der Waals surface area contributed by atoms with Crippen molar-refractivity contribution in [3.8, 4) is 0 Å². The fourth-order valence-corrected chi connectivity index (χ4v) is 2.93. The number of imidazole rings is 1. The molecule has 1 atom stereocenters. The van der Waals surface area contributed by atoms with Crippen molar-refractivity contribution in [1.29, 1.82) is 0 Å². The summed E-state index contributed by atoms with van der Waals surface area (Å²) >= 11 is 0. The van der Waals surface area contributed by atoms with Crippen molar-refractivity contribution in [3.63, 3.8) is 0 Å². The fraction of sp³-hybridized carbons (Fsp3) is 0.450. The van der Waals surface area contributed by atoms with Gasteiger partial charge in [-0.1, -0.05) is 43.7 Å². The second-order valence-corrected chi connectivity index (χ2v) is 6.91. The average molecular weight is 353 g/mol. The first kappa shape index (κ1) is 18.3. The molecule has 2 heterocycles. The van der Waals surface area contributed by atoms with E-state index < -0.39 is 0 Å². The molecule has 0 aliphatic heterocycles. The molecule has 0 unspecified atom stereocenters. The van der Waals surface area contributed by atoms with Crippen LogP contribution >= 0.6 is 0 Å². The minimum Gasteiger partial charge on any atom is -0.396 e. The zero-order valence-corrected chi connectivity index (χ0v) is 15.7. The van der Waals surface area contributed by atoms with E-state index in [-0.39, 0.29) is 18.6 Å². The van der Waals surface area contributed by atoms with Gasteiger partial charge in [0, 0.05) is 25.6 Å². The van der Waals surface area contributed by atoms with E-state index in [1.54, 1.807) is 0 Å². The van der Waals surface area contributed by atoms with Gasteiger partial charge in [0.05, 0.1) is 6.33 Å². The van der Waals surface area contributed by atoms with Crippen LogP contribution in [0.2, 0.25) is 0 Å². The molecule has 2 N–H and O–H groups in total. The third-order valence-electron chi connectivity index (χ3n) is 4.63. The molecule has 2 aromatic heterocycles. The Hall–Kier alpha value is -2.47. The topological polar surface area (TPSA) is 75.9 Å². The van der Waals surface area contributed by atoms with Crippen molar-refractivity contribution < 1.29 is 5.11 Å². The Bertz CT molecular complexity index is 840. The van der Waals surface area contributed by atoms with E-state index in [0.29, 0.717) is 13.0 Å². The second-order valence-electron chi connectivity index (χ2n) is 6.91. The van der Waals surface area contributed by atoms with Crippen LogP contribution in [-0.4, -0.2) is 31.2 Å². The summed E-state index contributed by atoms with van der Waals surface area (Å²) in [6, 6.07) is 10.5. The van der Waals surface area contributed by atoms with Gasteiger partial charge in [-0.15, -0.1) is 0 Å². The molecule has 3 aromatic rings. The van der Waals surface area contributed by atoms with Crippen LogP contribution in [0.1, 0.15) is 44.6 Å². The molecule has 26 heavy (non-hydrogen) atoms. The summed E-state index contributed by atoms with van der Waals surface area (Å²) < 4.78 is 2.06. The summed E-state index contributed by atoms with van der Waals surface area (Å²) in [6.07, 6.45) is 3.38. The van der Waals surface area contributed by atoms with Crippen molar-refractivity contribution in [2.24, 2.45) is 5.92 Å². The number of rotatable bonds is 8. The predicted molar refractivity (Wildman–Crippen MR) is 104 cm³/mol. The smallest absolute Gasteiger partial charge is 0.166 e. The summed E-state index contributed by atoms with van der Waals surface area (Å²) in [7, 11) is 0. The number of benzene rings is 1. The molecular weight excluding hydrogens is 326 g/mol. The van der Waals surface area contributed by atoms with Gasteiger partial charge in [0.2, 0.25) is 0 Å². The molecular formula is C20H27N5O. The van der Waals surface area contributed by atoms with Crippen molar-refractivity contribution >= 4 is 17.0 Å². The summed E-state index contributed by atoms with van der Waals surface area (Å²) in [6.45, 7) is 7.13. The third-order valence-corrected chi connectivity index (χ3v) is 4.63. The lowest BCUT2D eigenvalue weighted by molar-refractivity contribution is 0.220. The molecule has 0 aliphatic carbocycles. The van der Waals surface area contributed by atoms with Gasteiger partial charge in [0.15, 0.2) is 11.5 Å². The van der Waals surface area contributed by atoms with Crippen LogP contribution in [0.15, 0.2) is 36.7 Å². The highest BCUT2D eigenvalue weighted by molar-refractivity contribution is 5.83. The Kier molecular flexibility index (Phi) is 5.83. The minimum absolute atomic E-state index is 0.147. The molecule has 6 nitrogen and oxygen atoms in total. The van der Waals surface area contributed by atoms with Crippen LogP contribution in [0.5, 0.6) is 0 Å². The highest BCUT2D eigenvalue weighted by Crippen LogP contribution is 2.23. The molecule has 0 amide bonds. The molecule has 138 valence electrons. The van der Waals surface area contributed by atoms with Crippen LogP contribution in [0.25, 0.3) is 11.2 Å². The Morgan fingerprint density at radius 2 is 1.92 bits per heavy atom. The van der Waals surface area contributed by atoms with Crippen LogP contribution in [0.4, 0.5) is 5.82 Å². The minimum atomic E-state index is 0.147. The van der Waals surface area contributed by atoms with Gasteiger partial charge >= 0.3 is 0 Å². The van der Waals surface area contributed by atoms with Crippen LogP contribution in [-0.2, 0) is 13.0 Å². The monoisotopic (exact) mass is 353 g/mol. The number of hydrogen-bond donors (Lipinski definition) is 2. The van der Waals surface area contributed by atoms with Crippen molar-refractivity contribution in [3.05, 3.63) is 48.0 Å². The normalized spacial score (nSPS) is 12.7. The maximum absolute atomic E-state index is 9.54. The zero-order valence-electron chi connectivity index (χ0n) is 15.7. The van der Waals surface area contributed by atoms with Crippen LogP contribution in [0, 0.1) is 5.92 Å². The molecule has 3 rings (SSSR count). The first-order valence-electron chi connectivity index (χ1n) is 9.24. The summed E-state index contributed by atoms with van der Waals surface area (Å²) in [5.41, 5.74) is 2.81. The number of nitrogens with zero attached hydrogens (tertiary/aromatic N) is 4. The molecule has 0 bridgehead atoms. The quantitative estimate of drug-likeness (QED) is 0.647. The Labute approximate surface area is 154 Å². The first-order chi connectivity index (χ1) is 12.6. The number of hydrogen-bond acceptors (Lipinski definition) is 5. The Morgan fingerprint density at radius 1 is 1.15 bits per heavy atom. The van der Waals surface area contributed by atoms with E-state index in [1.165, 1.54) is 5.56 Å². The van der Waals surface area contributed by atoms with Crippen molar-refractivity contribution in [1.82, 2.24) is 19.5 Å². The van der Waals surface area contributed by atoms with E-state index in [9.17, 15) is 5.11 Å². The number of aliphatic hydroxyl groups excluding tert-OH is 1. The van der Waals surface area contributed by atoms with E-state index >= 15 is 0 Å². The molecule has 0 radical (unpaired) electrons. The van der Waals surface area contributed by atoms with Crippen LogP contribution in [0.3, 0.4) is 0 Å². The maximum atomic E-state index is 9.54. The van der Waals surface area contributed by atoms with Crippen molar-refractivity contribution in [2.45, 2.75) is 46.2 Å². The Morgan fingerprint density at radius 3 is 2.58 bits per heavy atom. The van der Waals surface area contributed by atoms with Gasteiger partial charge < -0.3 is 15.0 Å². The second kappa shape index (κ2) is 8.27. The lowest BCUT2D eigenvalue weighted by Crippen LogP contribution is -2.13. The summed E-state index contributed by atoms with van der Waals surface area (Å²) in [5, 5.41) is 13.0. The fourth-order valence-electron chi connectivity index (χ4n) is 2.93. The largest absolute Gasteiger partial charge is 0.396 e. The molecule has 0 saturated carbocycles. The molecule has 1 aromatic carbocycles. The third kappa shape index (κ3) is 4.02. The highest BCUT2D eigenvalue weighted by atomic mass is 16.3. The predicted octanol–water partition coefficient (Wildman–Crippen LogP) is 3.58. The maximum Gasteiger partial charge on any atom is 0.166 e. The van der Waals surface area contributed by atoms with Gasteiger partial charge in [-0.25, -0.2) is 15.0 Å². The van der Waals surface area contributed by atoms with E-state index in [4.69, 9.17) is 9.97 Å². The molecule has 6 heteroatoms. The molecule has 0 saturated heterocycles. The number of anilines is 1. The highest BCUT2D eigenvalue weighted by Gasteiger charge is 2.17.